The largest absolute Gasteiger partial charge is 0.352 e. The summed E-state index contributed by atoms with van der Waals surface area (Å²) in [6.07, 6.45) is 1.25. The van der Waals surface area contributed by atoms with Crippen molar-refractivity contribution in [1.82, 2.24) is 10.2 Å². The first kappa shape index (κ1) is 28.8. The van der Waals surface area contributed by atoms with Crippen LogP contribution in [0.4, 0.5) is 0 Å². The van der Waals surface area contributed by atoms with Crippen molar-refractivity contribution in [1.29, 1.82) is 0 Å². The Hall–Kier alpha value is -2.76. The Morgan fingerprint density at radius 2 is 1.59 bits per heavy atom. The SMILES string of the molecule is CC[C@@H](C)NC(=O)[C@H](Cc1ccccc1)N(Cc1ccccc1Cl)C(=O)CSCc1cc(C)cc(C)c1. The van der Waals surface area contributed by atoms with Crippen LogP contribution in [0.2, 0.25) is 5.02 Å². The Morgan fingerprint density at radius 3 is 2.24 bits per heavy atom. The molecule has 3 aromatic rings. The minimum atomic E-state index is -0.651. The van der Waals surface area contributed by atoms with Gasteiger partial charge in [0.1, 0.15) is 6.04 Å². The number of rotatable bonds is 12. The van der Waals surface area contributed by atoms with Crippen molar-refractivity contribution in [2.24, 2.45) is 0 Å². The fraction of sp³-hybridized carbons (Fsp3) is 0.355. The van der Waals surface area contributed by atoms with E-state index < -0.39 is 6.04 Å². The molecule has 0 aromatic heterocycles. The number of nitrogens with zero attached hydrogens (tertiary/aromatic N) is 1. The molecule has 2 atom stereocenters. The smallest absolute Gasteiger partial charge is 0.243 e. The van der Waals surface area contributed by atoms with Gasteiger partial charge in [-0.25, -0.2) is 0 Å². The van der Waals surface area contributed by atoms with Crippen LogP contribution in [0.3, 0.4) is 0 Å². The standard InChI is InChI=1S/C31H37ClN2O2S/c1-5-24(4)33-31(36)29(18-25-11-7-6-8-12-25)34(19-27-13-9-10-14-28(27)32)30(35)21-37-20-26-16-22(2)15-23(3)17-26/h6-17,24,29H,5,18-21H2,1-4H3,(H,33,36)/t24-,29+/m1/s1. The predicted molar refractivity (Wildman–Crippen MR) is 156 cm³/mol. The summed E-state index contributed by atoms with van der Waals surface area (Å²) in [5.41, 5.74) is 5.46. The van der Waals surface area contributed by atoms with Crippen LogP contribution in [0, 0.1) is 13.8 Å². The Balaban J connectivity index is 1.87. The van der Waals surface area contributed by atoms with Gasteiger partial charge in [-0.15, -0.1) is 11.8 Å². The molecule has 4 nitrogen and oxygen atoms in total. The molecule has 2 amide bonds. The Labute approximate surface area is 230 Å². The van der Waals surface area contributed by atoms with Gasteiger partial charge in [0.15, 0.2) is 0 Å². The molecule has 0 saturated heterocycles. The maximum absolute atomic E-state index is 13.8. The van der Waals surface area contributed by atoms with Crippen LogP contribution in [-0.4, -0.2) is 34.6 Å². The van der Waals surface area contributed by atoms with E-state index in [-0.39, 0.29) is 30.2 Å². The molecule has 1 N–H and O–H groups in total. The van der Waals surface area contributed by atoms with Gasteiger partial charge in [0, 0.05) is 29.8 Å². The first-order chi connectivity index (χ1) is 17.8. The summed E-state index contributed by atoms with van der Waals surface area (Å²) in [6.45, 7) is 8.46. The van der Waals surface area contributed by atoms with Crippen LogP contribution in [0.25, 0.3) is 0 Å². The van der Waals surface area contributed by atoms with Gasteiger partial charge in [0.2, 0.25) is 11.8 Å². The fourth-order valence-electron chi connectivity index (χ4n) is 4.30. The summed E-state index contributed by atoms with van der Waals surface area (Å²) < 4.78 is 0. The maximum atomic E-state index is 13.8. The minimum absolute atomic E-state index is 0.0157. The number of nitrogens with one attached hydrogen (secondary N) is 1. The molecule has 3 aromatic carbocycles. The van der Waals surface area contributed by atoms with Gasteiger partial charge in [-0.05, 0) is 49.9 Å². The first-order valence-electron chi connectivity index (χ1n) is 12.8. The molecule has 0 saturated carbocycles. The highest BCUT2D eigenvalue weighted by Gasteiger charge is 2.31. The number of hydrogen-bond acceptors (Lipinski definition) is 3. The van der Waals surface area contributed by atoms with Crippen molar-refractivity contribution in [3.05, 3.63) is 106 Å². The molecule has 37 heavy (non-hydrogen) atoms. The summed E-state index contributed by atoms with van der Waals surface area (Å²) >= 11 is 8.07. The molecular weight excluding hydrogens is 500 g/mol. The van der Waals surface area contributed by atoms with Gasteiger partial charge < -0.3 is 10.2 Å². The Kier molecular flexibility index (Phi) is 11.1. The molecule has 0 bridgehead atoms. The Morgan fingerprint density at radius 1 is 0.946 bits per heavy atom. The molecule has 196 valence electrons. The van der Waals surface area contributed by atoms with Crippen molar-refractivity contribution in [2.45, 2.75) is 64.9 Å². The zero-order chi connectivity index (χ0) is 26.8. The molecule has 0 unspecified atom stereocenters. The van der Waals surface area contributed by atoms with Crippen molar-refractivity contribution < 1.29 is 9.59 Å². The lowest BCUT2D eigenvalue weighted by molar-refractivity contribution is -0.139. The number of halogens is 1. The second-order valence-electron chi connectivity index (χ2n) is 9.63. The zero-order valence-electron chi connectivity index (χ0n) is 22.2. The second-order valence-corrected chi connectivity index (χ2v) is 11.0. The fourth-order valence-corrected chi connectivity index (χ4v) is 5.34. The van der Waals surface area contributed by atoms with E-state index >= 15 is 0 Å². The molecule has 0 aliphatic rings. The first-order valence-corrected chi connectivity index (χ1v) is 14.3. The molecule has 0 fully saturated rings. The molecule has 0 heterocycles. The number of carbonyl (C=O) groups is 2. The molecule has 0 spiro atoms. The third kappa shape index (κ3) is 8.94. The van der Waals surface area contributed by atoms with Crippen molar-refractivity contribution in [3.8, 4) is 0 Å². The van der Waals surface area contributed by atoms with Gasteiger partial charge >= 0.3 is 0 Å². The van der Waals surface area contributed by atoms with Gasteiger partial charge in [-0.1, -0.05) is 96.4 Å². The van der Waals surface area contributed by atoms with Gasteiger partial charge in [0.05, 0.1) is 5.75 Å². The summed E-state index contributed by atoms with van der Waals surface area (Å²) in [6, 6.07) is 23.2. The van der Waals surface area contributed by atoms with E-state index in [0.29, 0.717) is 11.4 Å². The van der Waals surface area contributed by atoms with Gasteiger partial charge in [-0.2, -0.15) is 0 Å². The van der Waals surface area contributed by atoms with E-state index in [0.717, 1.165) is 23.3 Å². The monoisotopic (exact) mass is 536 g/mol. The minimum Gasteiger partial charge on any atom is -0.352 e. The molecular formula is C31H37ClN2O2S. The molecule has 6 heteroatoms. The molecule has 3 rings (SSSR count). The van der Waals surface area contributed by atoms with E-state index in [9.17, 15) is 9.59 Å². The van der Waals surface area contributed by atoms with Crippen molar-refractivity contribution >= 4 is 35.2 Å². The van der Waals surface area contributed by atoms with Crippen LogP contribution in [-0.2, 0) is 28.3 Å². The van der Waals surface area contributed by atoms with Crippen LogP contribution in [0.1, 0.15) is 48.1 Å². The number of thioether (sulfide) groups is 1. The number of amides is 2. The number of hydrogen-bond donors (Lipinski definition) is 1. The predicted octanol–water partition coefficient (Wildman–Crippen LogP) is 6.74. The molecule has 0 radical (unpaired) electrons. The van der Waals surface area contributed by atoms with E-state index in [2.05, 4.69) is 37.4 Å². The number of carbonyl (C=O) groups excluding carboxylic acids is 2. The van der Waals surface area contributed by atoms with E-state index in [1.807, 2.05) is 68.4 Å². The lowest BCUT2D eigenvalue weighted by Crippen LogP contribution is -2.52. The molecule has 0 aliphatic heterocycles. The van der Waals surface area contributed by atoms with Crippen LogP contribution >= 0.6 is 23.4 Å². The quantitative estimate of drug-likeness (QED) is 0.279. The lowest BCUT2D eigenvalue weighted by atomic mass is 10.0. The average Bonchev–Trinajstić information content (AvgIpc) is 2.87. The van der Waals surface area contributed by atoms with Crippen LogP contribution < -0.4 is 5.32 Å². The highest BCUT2D eigenvalue weighted by atomic mass is 35.5. The van der Waals surface area contributed by atoms with Gasteiger partial charge in [0.25, 0.3) is 0 Å². The number of aryl methyl sites for hydroxylation is 2. The summed E-state index contributed by atoms with van der Waals surface area (Å²) in [7, 11) is 0. The highest BCUT2D eigenvalue weighted by Crippen LogP contribution is 2.23. The topological polar surface area (TPSA) is 49.4 Å². The van der Waals surface area contributed by atoms with Gasteiger partial charge in [-0.3, -0.25) is 9.59 Å². The third-order valence-corrected chi connectivity index (χ3v) is 7.70. The van der Waals surface area contributed by atoms with E-state index in [1.165, 1.54) is 16.7 Å². The average molecular weight is 537 g/mol. The maximum Gasteiger partial charge on any atom is 0.243 e. The van der Waals surface area contributed by atoms with Crippen LogP contribution in [0.5, 0.6) is 0 Å². The summed E-state index contributed by atoms with van der Waals surface area (Å²) in [5.74, 6) is 0.795. The van der Waals surface area contributed by atoms with Crippen molar-refractivity contribution in [3.63, 3.8) is 0 Å². The van der Waals surface area contributed by atoms with Crippen LogP contribution in [0.15, 0.2) is 72.8 Å². The van der Waals surface area contributed by atoms with E-state index in [1.54, 1.807) is 16.7 Å². The summed E-state index contributed by atoms with van der Waals surface area (Å²) in [5, 5.41) is 3.69. The molecule has 0 aliphatic carbocycles. The third-order valence-electron chi connectivity index (χ3n) is 6.35. The van der Waals surface area contributed by atoms with Crippen molar-refractivity contribution in [2.75, 3.05) is 5.75 Å². The zero-order valence-corrected chi connectivity index (χ0v) is 23.7. The number of benzene rings is 3. The lowest BCUT2D eigenvalue weighted by Gasteiger charge is -2.32. The van der Waals surface area contributed by atoms with E-state index in [4.69, 9.17) is 11.6 Å². The normalized spacial score (nSPS) is 12.6. The highest BCUT2D eigenvalue weighted by molar-refractivity contribution is 7.99. The Bertz CT molecular complexity index is 1160. The second kappa shape index (κ2) is 14.3. The summed E-state index contributed by atoms with van der Waals surface area (Å²) in [4.78, 5) is 29.0.